The van der Waals surface area contributed by atoms with Crippen LogP contribution < -0.4 is 137 Å². The van der Waals surface area contributed by atoms with Crippen molar-refractivity contribution in [1.82, 2.24) is 63.9 Å². The zero-order valence-corrected chi connectivity index (χ0v) is 58.4. The Hall–Kier alpha value is -3.38. The number of sulfonamides is 2. The molecule has 2 saturated heterocycles. The van der Waals surface area contributed by atoms with Crippen LogP contribution in [0.5, 0.6) is 11.8 Å². The average molecular weight is 1290 g/mol. The number of aromatic nitrogens is 10. The number of nitrogens with one attached hydrogen (secondary N) is 3. The van der Waals surface area contributed by atoms with Gasteiger partial charge in [0.15, 0.2) is 11.6 Å². The van der Waals surface area contributed by atoms with Gasteiger partial charge < -0.3 is 31.3 Å². The first kappa shape index (κ1) is 69.7. The van der Waals surface area contributed by atoms with Gasteiger partial charge in [-0.25, -0.2) is 45.6 Å². The van der Waals surface area contributed by atoms with Gasteiger partial charge in [0, 0.05) is 79.5 Å². The standard InChI is InChI=1S/C26H33N7O4S.C19H21ClN6O4S.C7H13N.CH2O3.ClH.2K.H/c1-17-13-26(10-11-26)32(14-17)23-19(24(34)30-38(35,36)20-15-31(4)28-18(20)2)5-6-21(27-23)33-12-7-22(29-33)37-16-25(3)8-9-25;1-12-14(10-25(3)22-12)31(28,29)24-18(27)13-4-5-15(21-17(13)20)26-9-6-16(23-26)30-11-19(2)7-8-19;1-6-4-7(2-3-7)8-5-6;2-1-4-3;;;;/h5-7,12,15,17H,8-11,13-14,16H2,1-4H3,(H,30,34);4-6,9-10H,7-8,11H2,1-3H3,(H,24,27);6,8H,2-5H2,1H3;1,3H;1H;;;/q;;;;;2*+1;-1/p-1. The van der Waals surface area contributed by atoms with Crippen LogP contribution in [0, 0.1) is 36.5 Å². The molecule has 31 heteroatoms. The quantitative estimate of drug-likeness (QED) is 0.0357. The van der Waals surface area contributed by atoms with Crippen LogP contribution in [0.3, 0.4) is 0 Å². The van der Waals surface area contributed by atoms with Gasteiger partial charge >= 0.3 is 103 Å². The first-order valence-corrected chi connectivity index (χ1v) is 30.1. The minimum absolute atomic E-state index is 0. The van der Waals surface area contributed by atoms with E-state index in [1.807, 2.05) is 4.72 Å². The fourth-order valence-corrected chi connectivity index (χ4v) is 12.7. The molecule has 12 rings (SSSR count). The summed E-state index contributed by atoms with van der Waals surface area (Å²) in [7, 11) is -5.00. The Kier molecular flexibility index (Phi) is 23.2. The molecule has 2 aliphatic heterocycles. The Labute approximate surface area is 586 Å². The van der Waals surface area contributed by atoms with Gasteiger partial charge in [-0.3, -0.25) is 23.7 Å². The maximum absolute atomic E-state index is 13.5. The van der Waals surface area contributed by atoms with Gasteiger partial charge in [0.2, 0.25) is 11.8 Å². The Balaban J connectivity index is 0.000000252. The van der Waals surface area contributed by atoms with Crippen molar-refractivity contribution in [2.24, 2.45) is 36.8 Å². The maximum atomic E-state index is 13.5. The summed E-state index contributed by atoms with van der Waals surface area (Å²) in [4.78, 5) is 48.3. The van der Waals surface area contributed by atoms with Crippen LogP contribution in [-0.2, 0) is 43.8 Å². The summed E-state index contributed by atoms with van der Waals surface area (Å²) in [5.41, 5.74) is 1.83. The number of anilines is 1. The van der Waals surface area contributed by atoms with Crippen molar-refractivity contribution in [3.8, 4) is 23.4 Å². The second-order valence-corrected chi connectivity index (χ2v) is 26.8. The normalized spacial score (nSPS) is 19.2. The number of halogens is 2. The predicted octanol–water partition coefficient (Wildman–Crippen LogP) is -0.629. The van der Waals surface area contributed by atoms with Crippen molar-refractivity contribution in [2.45, 2.75) is 127 Å². The summed E-state index contributed by atoms with van der Waals surface area (Å²) in [5.74, 6) is 2.12. The van der Waals surface area contributed by atoms with E-state index in [4.69, 9.17) is 36.1 Å². The number of pyridine rings is 2. The Morgan fingerprint density at radius 3 is 1.57 bits per heavy atom. The number of aryl methyl sites for hydroxylation is 4. The number of ether oxygens (including phenoxy) is 2. The van der Waals surface area contributed by atoms with Gasteiger partial charge in [0.1, 0.15) is 20.8 Å². The molecule has 25 nitrogen and oxygen atoms in total. The number of carbonyl (C=O) groups excluding carboxylic acids is 3. The van der Waals surface area contributed by atoms with Crippen LogP contribution in [0.25, 0.3) is 11.6 Å². The van der Waals surface area contributed by atoms with Gasteiger partial charge in [-0.05, 0) is 121 Å². The molecule has 0 aromatic carbocycles. The molecule has 0 bridgehead atoms. The molecule has 2 unspecified atom stereocenters. The minimum Gasteiger partial charge on any atom is -1.00 e. The largest absolute Gasteiger partial charge is 1.00 e. The van der Waals surface area contributed by atoms with Gasteiger partial charge in [0.25, 0.3) is 38.3 Å². The number of nitrogens with zero attached hydrogens (tertiary/aromatic N) is 11. The molecule has 2 amide bonds. The molecule has 0 radical (unpaired) electrons. The molecule has 84 heavy (non-hydrogen) atoms. The van der Waals surface area contributed by atoms with Crippen molar-refractivity contribution in [1.29, 1.82) is 0 Å². The monoisotopic (exact) mass is 1290 g/mol. The van der Waals surface area contributed by atoms with Crippen LogP contribution in [0.2, 0.25) is 5.15 Å². The molecule has 6 aromatic rings. The van der Waals surface area contributed by atoms with Crippen LogP contribution in [0.4, 0.5) is 5.82 Å². The van der Waals surface area contributed by atoms with E-state index in [2.05, 4.69) is 72.9 Å². The van der Waals surface area contributed by atoms with Crippen LogP contribution in [0.1, 0.15) is 125 Å². The van der Waals surface area contributed by atoms with Crippen LogP contribution >= 0.6 is 24.0 Å². The van der Waals surface area contributed by atoms with E-state index >= 15 is 0 Å². The summed E-state index contributed by atoms with van der Waals surface area (Å²) in [6, 6.07) is 9.73. The molecule has 6 aromatic heterocycles. The number of hydrogen-bond acceptors (Lipinski definition) is 19. The summed E-state index contributed by atoms with van der Waals surface area (Å²) in [5, 5.41) is 28.8. The molecule has 2 atom stereocenters. The molecular weight excluding hydrogens is 1220 g/mol. The minimum atomic E-state index is -4.12. The molecule has 3 N–H and O–H groups in total. The first-order valence-electron chi connectivity index (χ1n) is 26.7. The van der Waals surface area contributed by atoms with Gasteiger partial charge in [0.05, 0.1) is 35.7 Å². The Morgan fingerprint density at radius 1 is 0.726 bits per heavy atom. The molecule has 446 valence electrons. The van der Waals surface area contributed by atoms with E-state index in [1.165, 1.54) is 71.3 Å². The number of hydrogen-bond donors (Lipinski definition) is 3. The smallest absolute Gasteiger partial charge is 1.00 e. The third-order valence-corrected chi connectivity index (χ3v) is 18.6. The summed E-state index contributed by atoms with van der Waals surface area (Å²) in [6.45, 7) is 15.1. The number of amides is 2. The topological polar surface area (TPSA) is 307 Å². The third-order valence-electron chi connectivity index (χ3n) is 15.4. The van der Waals surface area contributed by atoms with E-state index < -0.39 is 31.9 Å². The van der Waals surface area contributed by atoms with Gasteiger partial charge in [-0.15, -0.1) is 22.6 Å². The van der Waals surface area contributed by atoms with Crippen molar-refractivity contribution >= 4 is 68.2 Å². The molecule has 8 heterocycles. The van der Waals surface area contributed by atoms with Crippen molar-refractivity contribution < 1.29 is 155 Å². The predicted molar refractivity (Wildman–Crippen MR) is 301 cm³/mol. The summed E-state index contributed by atoms with van der Waals surface area (Å²) in [6.07, 6.45) is 18.1. The average Bonchev–Trinajstić information content (AvgIpc) is 1.83. The zero-order valence-electron chi connectivity index (χ0n) is 49.9. The molecule has 2 spiro atoms. The van der Waals surface area contributed by atoms with Gasteiger partial charge in [-0.1, -0.05) is 39.3 Å². The van der Waals surface area contributed by atoms with Crippen molar-refractivity contribution in [2.75, 3.05) is 31.2 Å². The van der Waals surface area contributed by atoms with Crippen molar-refractivity contribution in [3.05, 3.63) is 88.9 Å². The third kappa shape index (κ3) is 17.3. The SMILES string of the molecule is CC1CNC2(CC2)C1.Cc1nn(C)cc1S(=O)(=O)NC(=O)c1ccc(-n2ccc(OCC3(C)CC3)n2)nc1Cl.Cc1nn(C)cc1S(=O)(=O)NC(=O)c1ccc(-n2ccc(OCC3(C)CC3)n2)nc1N1CC(C)CC12CC2.Cl.O=CO[O-].[H-].[K+].[K+]. The van der Waals surface area contributed by atoms with E-state index in [0.29, 0.717) is 59.6 Å². The molecule has 6 fully saturated rings. The van der Waals surface area contributed by atoms with Crippen molar-refractivity contribution in [3.63, 3.8) is 0 Å². The second-order valence-electron chi connectivity index (χ2n) is 23.1. The van der Waals surface area contributed by atoms with Gasteiger partial charge in [-0.2, -0.15) is 10.2 Å². The van der Waals surface area contributed by atoms with E-state index in [1.54, 1.807) is 62.4 Å². The maximum Gasteiger partial charge on any atom is 1.00 e. The van der Waals surface area contributed by atoms with E-state index in [-0.39, 0.29) is 171 Å². The Morgan fingerprint density at radius 2 is 1.19 bits per heavy atom. The van der Waals surface area contributed by atoms with Crippen LogP contribution in [-0.4, -0.2) is 122 Å². The second kappa shape index (κ2) is 28.0. The van der Waals surface area contributed by atoms with E-state index in [0.717, 1.165) is 57.4 Å². The molecule has 4 aliphatic carbocycles. The fourth-order valence-electron chi connectivity index (χ4n) is 10.0. The van der Waals surface area contributed by atoms with E-state index in [9.17, 15) is 26.4 Å². The number of rotatable bonds is 16. The summed E-state index contributed by atoms with van der Waals surface area (Å²) < 4.78 is 72.8. The Bertz CT molecular complexity index is 3570. The molecule has 4 saturated carbocycles. The summed E-state index contributed by atoms with van der Waals surface area (Å²) >= 11 is 6.16. The zero-order chi connectivity index (χ0) is 58.3. The van der Waals surface area contributed by atoms with Crippen LogP contribution in [0.15, 0.2) is 71.0 Å². The fraction of sp³-hybridized carbons (Fsp3) is 0.528. The molecule has 6 aliphatic rings. The first-order chi connectivity index (χ1) is 38.3. The molecular formula is C53H70Cl2K2N14O11S2. The number of carbonyl (C=O) groups is 3.